The predicted molar refractivity (Wildman–Crippen MR) is 53.3 cm³/mol. The maximum Gasteiger partial charge on any atom is 0.0758 e. The summed E-state index contributed by atoms with van der Waals surface area (Å²) >= 11 is 0. The van der Waals surface area contributed by atoms with Crippen molar-refractivity contribution < 1.29 is 5.11 Å². The first kappa shape index (κ1) is 11.9. The van der Waals surface area contributed by atoms with Crippen molar-refractivity contribution in [2.24, 2.45) is 0 Å². The molecule has 1 rings (SSSR count). The Morgan fingerprint density at radius 2 is 2.00 bits per heavy atom. The Hall–Kier alpha value is -0.0800. The fourth-order valence-corrected chi connectivity index (χ4v) is 1.55. The van der Waals surface area contributed by atoms with Gasteiger partial charge in [-0.25, -0.2) is 0 Å². The van der Waals surface area contributed by atoms with Gasteiger partial charge in [0.25, 0.3) is 0 Å². The zero-order chi connectivity index (χ0) is 9.61. The molecule has 0 amide bonds. The van der Waals surface area contributed by atoms with Crippen molar-refractivity contribution in [1.29, 1.82) is 0 Å². The summed E-state index contributed by atoms with van der Waals surface area (Å²) in [7, 11) is 0. The predicted octanol–water partition coefficient (Wildman–Crippen LogP) is 1.88. The topological polar surface area (TPSA) is 23.5 Å². The van der Waals surface area contributed by atoms with Gasteiger partial charge >= 0.3 is 0 Å². The smallest absolute Gasteiger partial charge is 0.0758 e. The molecular formula is C10H23NO. The van der Waals surface area contributed by atoms with Crippen LogP contribution in [-0.4, -0.2) is 35.2 Å². The largest absolute Gasteiger partial charge is 0.389 e. The SMILES string of the molecule is CC.CCCN1CCC(C)(O)C1. The first-order chi connectivity index (χ1) is 5.64. The third kappa shape index (κ3) is 4.07. The normalized spacial score (nSPS) is 29.8. The van der Waals surface area contributed by atoms with Gasteiger partial charge < -0.3 is 10.0 Å². The van der Waals surface area contributed by atoms with E-state index in [0.717, 1.165) is 26.1 Å². The highest BCUT2D eigenvalue weighted by Crippen LogP contribution is 2.19. The van der Waals surface area contributed by atoms with Crippen LogP contribution in [0.5, 0.6) is 0 Å². The van der Waals surface area contributed by atoms with Crippen molar-refractivity contribution in [3.05, 3.63) is 0 Å². The Balaban J connectivity index is 0.000000561. The summed E-state index contributed by atoms with van der Waals surface area (Å²) in [5.74, 6) is 0. The molecule has 0 saturated carbocycles. The first-order valence-electron chi connectivity index (χ1n) is 5.09. The standard InChI is InChI=1S/C8H17NO.C2H6/c1-3-5-9-6-4-8(2,10)7-9;1-2/h10H,3-7H2,1-2H3;1-2H3. The second kappa shape index (κ2) is 5.55. The molecule has 12 heavy (non-hydrogen) atoms. The van der Waals surface area contributed by atoms with Crippen LogP contribution in [0, 0.1) is 0 Å². The van der Waals surface area contributed by atoms with Crippen LogP contribution in [-0.2, 0) is 0 Å². The van der Waals surface area contributed by atoms with E-state index >= 15 is 0 Å². The maximum absolute atomic E-state index is 9.55. The third-order valence-electron chi connectivity index (χ3n) is 2.07. The van der Waals surface area contributed by atoms with E-state index in [1.807, 2.05) is 20.8 Å². The Bertz CT molecular complexity index is 112. The van der Waals surface area contributed by atoms with Gasteiger partial charge in [0.2, 0.25) is 0 Å². The zero-order valence-electron chi connectivity index (χ0n) is 8.93. The fraction of sp³-hybridized carbons (Fsp3) is 1.00. The van der Waals surface area contributed by atoms with E-state index < -0.39 is 5.60 Å². The summed E-state index contributed by atoms with van der Waals surface area (Å²) in [6, 6.07) is 0. The highest BCUT2D eigenvalue weighted by atomic mass is 16.3. The highest BCUT2D eigenvalue weighted by molar-refractivity contribution is 4.85. The minimum Gasteiger partial charge on any atom is -0.389 e. The monoisotopic (exact) mass is 173 g/mol. The van der Waals surface area contributed by atoms with Gasteiger partial charge in [-0.2, -0.15) is 0 Å². The molecule has 1 aliphatic heterocycles. The van der Waals surface area contributed by atoms with E-state index in [4.69, 9.17) is 0 Å². The van der Waals surface area contributed by atoms with Crippen LogP contribution in [0.3, 0.4) is 0 Å². The van der Waals surface area contributed by atoms with E-state index in [1.54, 1.807) is 0 Å². The van der Waals surface area contributed by atoms with Gasteiger partial charge in [-0.1, -0.05) is 20.8 Å². The van der Waals surface area contributed by atoms with Gasteiger partial charge in [0.1, 0.15) is 0 Å². The molecular weight excluding hydrogens is 150 g/mol. The number of β-amino-alcohol motifs (C(OH)–C–C–N with tert-alkyl or cyclic N) is 1. The van der Waals surface area contributed by atoms with E-state index in [-0.39, 0.29) is 0 Å². The number of likely N-dealkylation sites (tertiary alicyclic amines) is 1. The number of hydrogen-bond donors (Lipinski definition) is 1. The molecule has 0 aromatic rings. The van der Waals surface area contributed by atoms with Crippen molar-refractivity contribution in [3.8, 4) is 0 Å². The summed E-state index contributed by atoms with van der Waals surface area (Å²) < 4.78 is 0. The average Bonchev–Trinajstić information content (AvgIpc) is 2.35. The van der Waals surface area contributed by atoms with Crippen LogP contribution in [0.25, 0.3) is 0 Å². The molecule has 1 heterocycles. The van der Waals surface area contributed by atoms with Crippen LogP contribution >= 0.6 is 0 Å². The molecule has 1 fully saturated rings. The lowest BCUT2D eigenvalue weighted by atomic mass is 10.1. The lowest BCUT2D eigenvalue weighted by Gasteiger charge is -2.17. The van der Waals surface area contributed by atoms with Gasteiger partial charge in [-0.15, -0.1) is 0 Å². The van der Waals surface area contributed by atoms with Crippen molar-refractivity contribution in [1.82, 2.24) is 4.90 Å². The zero-order valence-corrected chi connectivity index (χ0v) is 8.93. The lowest BCUT2D eigenvalue weighted by molar-refractivity contribution is 0.0688. The summed E-state index contributed by atoms with van der Waals surface area (Å²) in [5.41, 5.74) is -0.408. The molecule has 1 aliphatic rings. The minimum atomic E-state index is -0.408. The molecule has 1 unspecified atom stereocenters. The maximum atomic E-state index is 9.55. The van der Waals surface area contributed by atoms with E-state index in [0.29, 0.717) is 0 Å². The Kier molecular flexibility index (Phi) is 5.51. The molecule has 0 aliphatic carbocycles. The number of aliphatic hydroxyl groups is 1. The molecule has 0 spiro atoms. The molecule has 0 radical (unpaired) electrons. The van der Waals surface area contributed by atoms with Gasteiger partial charge in [0.05, 0.1) is 5.60 Å². The van der Waals surface area contributed by atoms with Crippen LogP contribution in [0.1, 0.15) is 40.5 Å². The molecule has 2 nitrogen and oxygen atoms in total. The van der Waals surface area contributed by atoms with Crippen LogP contribution in [0.15, 0.2) is 0 Å². The Morgan fingerprint density at radius 1 is 1.42 bits per heavy atom. The van der Waals surface area contributed by atoms with E-state index in [9.17, 15) is 5.11 Å². The quantitative estimate of drug-likeness (QED) is 0.689. The number of hydrogen-bond acceptors (Lipinski definition) is 2. The summed E-state index contributed by atoms with van der Waals surface area (Å²) in [5, 5.41) is 9.55. The van der Waals surface area contributed by atoms with Gasteiger partial charge in [-0.05, 0) is 26.3 Å². The highest BCUT2D eigenvalue weighted by Gasteiger charge is 2.30. The van der Waals surface area contributed by atoms with Gasteiger partial charge in [-0.3, -0.25) is 0 Å². The molecule has 1 saturated heterocycles. The van der Waals surface area contributed by atoms with Crippen LogP contribution in [0.2, 0.25) is 0 Å². The average molecular weight is 173 g/mol. The van der Waals surface area contributed by atoms with Crippen molar-refractivity contribution in [2.75, 3.05) is 19.6 Å². The van der Waals surface area contributed by atoms with Crippen molar-refractivity contribution >= 4 is 0 Å². The number of nitrogens with zero attached hydrogens (tertiary/aromatic N) is 1. The van der Waals surface area contributed by atoms with Crippen molar-refractivity contribution in [3.63, 3.8) is 0 Å². The third-order valence-corrected chi connectivity index (χ3v) is 2.07. The fourth-order valence-electron chi connectivity index (χ4n) is 1.55. The Labute approximate surface area is 76.6 Å². The first-order valence-corrected chi connectivity index (χ1v) is 5.09. The van der Waals surface area contributed by atoms with Crippen LogP contribution in [0.4, 0.5) is 0 Å². The van der Waals surface area contributed by atoms with Crippen molar-refractivity contribution in [2.45, 2.75) is 46.1 Å². The summed E-state index contributed by atoms with van der Waals surface area (Å²) in [6.07, 6.45) is 2.13. The minimum absolute atomic E-state index is 0.408. The molecule has 1 atom stereocenters. The molecule has 0 aromatic heterocycles. The van der Waals surface area contributed by atoms with E-state index in [1.165, 1.54) is 6.42 Å². The summed E-state index contributed by atoms with van der Waals surface area (Å²) in [4.78, 5) is 2.32. The van der Waals surface area contributed by atoms with Gasteiger partial charge in [0, 0.05) is 13.1 Å². The second-order valence-corrected chi connectivity index (χ2v) is 3.52. The molecule has 1 N–H and O–H groups in total. The van der Waals surface area contributed by atoms with Crippen LogP contribution < -0.4 is 0 Å². The Morgan fingerprint density at radius 3 is 2.33 bits per heavy atom. The number of rotatable bonds is 2. The molecule has 74 valence electrons. The molecule has 0 bridgehead atoms. The lowest BCUT2D eigenvalue weighted by Crippen LogP contribution is -2.29. The van der Waals surface area contributed by atoms with E-state index in [2.05, 4.69) is 11.8 Å². The van der Waals surface area contributed by atoms with Gasteiger partial charge in [0.15, 0.2) is 0 Å². The molecule has 2 heteroatoms. The molecule has 0 aromatic carbocycles. The summed E-state index contributed by atoms with van der Waals surface area (Å²) in [6.45, 7) is 11.2. The second-order valence-electron chi connectivity index (χ2n) is 3.52.